The molecule has 2 aliphatic rings. The number of carboxylic acid groups (broad SMARTS) is 1. The van der Waals surface area contributed by atoms with E-state index in [2.05, 4.69) is 20.6 Å². The van der Waals surface area contributed by atoms with Crippen LogP contribution < -0.4 is 16.1 Å². The number of carboxylic acids is 1. The molecule has 0 spiro atoms. The number of hydrogen-bond donors (Lipinski definition) is 4. The highest BCUT2D eigenvalue weighted by atomic mass is 32.2. The normalized spacial score (nSPS) is 22.6. The Morgan fingerprint density at radius 3 is 2.57 bits per heavy atom. The van der Waals surface area contributed by atoms with Crippen molar-refractivity contribution in [1.29, 1.82) is 0 Å². The highest BCUT2D eigenvalue weighted by molar-refractivity contribution is 8.01. The number of aliphatic carboxylic acids is 1. The van der Waals surface area contributed by atoms with E-state index in [9.17, 15) is 29.1 Å². The quantitative estimate of drug-likeness (QED) is 0.350. The van der Waals surface area contributed by atoms with Gasteiger partial charge in [-0.2, -0.15) is 0 Å². The SMILES string of the molecule is CC1(C)S[C@H]2[C@@H](NC(=O)[C@@H](NC(=O)c3c[nH]c4cccnc4c3=O)c3ccccc3)C(=O)N2[C@@H]1C(=O)O. The number of fused-ring (bicyclic) bond motifs is 2. The number of aromatic amines is 1. The van der Waals surface area contributed by atoms with Gasteiger partial charge in [-0.05, 0) is 31.5 Å². The van der Waals surface area contributed by atoms with Crippen molar-refractivity contribution in [3.05, 3.63) is 76.2 Å². The molecule has 4 heterocycles. The van der Waals surface area contributed by atoms with Crippen molar-refractivity contribution in [2.75, 3.05) is 0 Å². The fourth-order valence-electron chi connectivity index (χ4n) is 4.75. The summed E-state index contributed by atoms with van der Waals surface area (Å²) in [5, 5.41) is 14.3. The third-order valence-corrected chi connectivity index (χ3v) is 8.10. The van der Waals surface area contributed by atoms with Crippen molar-refractivity contribution < 1.29 is 24.3 Å². The number of amides is 3. The lowest BCUT2D eigenvalue weighted by Gasteiger charge is -2.44. The number of nitrogens with one attached hydrogen (secondary N) is 3. The van der Waals surface area contributed by atoms with Gasteiger partial charge in [-0.15, -0.1) is 11.8 Å². The molecule has 0 unspecified atom stereocenters. The molecule has 0 radical (unpaired) electrons. The van der Waals surface area contributed by atoms with E-state index in [1.807, 2.05) is 0 Å². The largest absolute Gasteiger partial charge is 0.480 e. The molecule has 4 atom stereocenters. The Kier molecular flexibility index (Phi) is 5.98. The van der Waals surface area contributed by atoms with Crippen molar-refractivity contribution in [2.45, 2.75) is 42.1 Å². The second kappa shape index (κ2) is 9.04. The maximum Gasteiger partial charge on any atom is 0.327 e. The van der Waals surface area contributed by atoms with Gasteiger partial charge < -0.3 is 25.6 Å². The Hall–Kier alpha value is -4.19. The number of β-lactam (4-membered cyclic amide) rings is 1. The smallest absolute Gasteiger partial charge is 0.327 e. The number of carbonyl (C=O) groups is 4. The van der Waals surface area contributed by atoms with Crippen LogP contribution in [0.5, 0.6) is 0 Å². The van der Waals surface area contributed by atoms with Gasteiger partial charge in [0.25, 0.3) is 5.91 Å². The molecule has 0 saturated carbocycles. The Morgan fingerprint density at radius 1 is 1.14 bits per heavy atom. The van der Waals surface area contributed by atoms with Crippen LogP contribution in [0.15, 0.2) is 59.7 Å². The zero-order chi connectivity index (χ0) is 26.5. The molecule has 11 nitrogen and oxygen atoms in total. The number of aromatic nitrogens is 2. The van der Waals surface area contributed by atoms with Crippen molar-refractivity contribution in [3.63, 3.8) is 0 Å². The molecule has 2 fully saturated rings. The van der Waals surface area contributed by atoms with Crippen molar-refractivity contribution in [2.24, 2.45) is 0 Å². The number of carbonyl (C=O) groups excluding carboxylic acids is 3. The van der Waals surface area contributed by atoms with Crippen LogP contribution in [0.25, 0.3) is 11.0 Å². The second-order valence-corrected chi connectivity index (χ2v) is 11.1. The predicted octanol–water partition coefficient (Wildman–Crippen LogP) is 1.03. The Labute approximate surface area is 214 Å². The van der Waals surface area contributed by atoms with Crippen LogP contribution >= 0.6 is 11.8 Å². The highest BCUT2D eigenvalue weighted by Crippen LogP contribution is 2.50. The van der Waals surface area contributed by atoms with Crippen LogP contribution in [0.3, 0.4) is 0 Å². The maximum atomic E-state index is 13.4. The molecule has 37 heavy (non-hydrogen) atoms. The van der Waals surface area contributed by atoms with E-state index in [1.165, 1.54) is 29.1 Å². The summed E-state index contributed by atoms with van der Waals surface area (Å²) >= 11 is 1.30. The fraction of sp³-hybridized carbons (Fsp3) is 0.280. The number of thioether (sulfide) groups is 1. The van der Waals surface area contributed by atoms with Gasteiger partial charge in [-0.3, -0.25) is 24.2 Å². The average Bonchev–Trinajstić information content (AvgIpc) is 3.14. The van der Waals surface area contributed by atoms with Gasteiger partial charge in [0.2, 0.25) is 17.2 Å². The molecule has 0 aliphatic carbocycles. The standard InChI is InChI=1S/C25H23N5O6S/c1-25(2)19(24(35)36)30-22(34)17(23(30)37-25)29-21(33)15(12-7-4-3-5-8-12)28-20(32)13-11-27-14-9-6-10-26-16(14)18(13)31/h3-11,15,17,19,23H,1-2H3,(H,27,31)(H,28,32)(H,29,33)(H,35,36)/t15-,17-,19+,23-/m0/s1. The van der Waals surface area contributed by atoms with Gasteiger partial charge >= 0.3 is 5.97 Å². The lowest BCUT2D eigenvalue weighted by molar-refractivity contribution is -0.161. The van der Waals surface area contributed by atoms with Crippen LogP contribution in [0.1, 0.15) is 35.8 Å². The second-order valence-electron chi connectivity index (χ2n) is 9.33. The van der Waals surface area contributed by atoms with E-state index in [4.69, 9.17) is 0 Å². The number of rotatable bonds is 6. The Morgan fingerprint density at radius 2 is 1.86 bits per heavy atom. The van der Waals surface area contributed by atoms with Crippen LogP contribution in [0, 0.1) is 0 Å². The van der Waals surface area contributed by atoms with Gasteiger partial charge in [0.05, 0.1) is 5.52 Å². The van der Waals surface area contributed by atoms with E-state index < -0.39 is 57.4 Å². The molecule has 4 N–H and O–H groups in total. The van der Waals surface area contributed by atoms with E-state index in [0.717, 1.165) is 0 Å². The summed E-state index contributed by atoms with van der Waals surface area (Å²) in [5.74, 6) is -3.06. The first-order chi connectivity index (χ1) is 17.6. The molecule has 3 amide bonds. The summed E-state index contributed by atoms with van der Waals surface area (Å²) in [5.41, 5.74) is 0.183. The molecule has 3 aromatic rings. The lowest BCUT2D eigenvalue weighted by atomic mass is 9.95. The molecule has 2 aromatic heterocycles. The summed E-state index contributed by atoms with van der Waals surface area (Å²) in [7, 11) is 0. The molecule has 5 rings (SSSR count). The third kappa shape index (κ3) is 4.12. The van der Waals surface area contributed by atoms with Crippen LogP contribution in [0.4, 0.5) is 0 Å². The van der Waals surface area contributed by atoms with Crippen LogP contribution in [-0.4, -0.2) is 65.9 Å². The summed E-state index contributed by atoms with van der Waals surface area (Å²) in [6.07, 6.45) is 2.70. The van der Waals surface area contributed by atoms with Crippen molar-refractivity contribution >= 4 is 46.5 Å². The number of H-pyrrole nitrogens is 1. The first-order valence-corrected chi connectivity index (χ1v) is 12.3. The lowest BCUT2D eigenvalue weighted by Crippen LogP contribution is -2.71. The fourth-order valence-corrected chi connectivity index (χ4v) is 6.38. The molecule has 2 aliphatic heterocycles. The summed E-state index contributed by atoms with van der Waals surface area (Å²) in [6, 6.07) is 8.54. The summed E-state index contributed by atoms with van der Waals surface area (Å²) in [4.78, 5) is 72.2. The van der Waals surface area contributed by atoms with Crippen molar-refractivity contribution in [1.82, 2.24) is 25.5 Å². The first kappa shape index (κ1) is 24.5. The molecule has 0 bridgehead atoms. The molecular formula is C25H23N5O6S. The summed E-state index contributed by atoms with van der Waals surface area (Å²) in [6.45, 7) is 3.48. The molecule has 12 heteroatoms. The van der Waals surface area contributed by atoms with E-state index >= 15 is 0 Å². The minimum Gasteiger partial charge on any atom is -0.480 e. The Balaban J connectivity index is 1.40. The maximum absolute atomic E-state index is 13.4. The van der Waals surface area contributed by atoms with E-state index in [-0.39, 0.29) is 11.1 Å². The zero-order valence-corrected chi connectivity index (χ0v) is 20.6. The van der Waals surface area contributed by atoms with Crippen molar-refractivity contribution in [3.8, 4) is 0 Å². The number of benzene rings is 1. The number of hydrogen-bond acceptors (Lipinski definition) is 7. The van der Waals surface area contributed by atoms with Gasteiger partial charge in [0, 0.05) is 17.1 Å². The van der Waals surface area contributed by atoms with Gasteiger partial charge in [-0.25, -0.2) is 4.79 Å². The van der Waals surface area contributed by atoms with E-state index in [0.29, 0.717) is 11.1 Å². The number of nitrogens with zero attached hydrogens (tertiary/aromatic N) is 2. The molecule has 1 aromatic carbocycles. The molecule has 190 valence electrons. The zero-order valence-electron chi connectivity index (χ0n) is 19.8. The predicted molar refractivity (Wildman–Crippen MR) is 135 cm³/mol. The van der Waals surface area contributed by atoms with Crippen LogP contribution in [-0.2, 0) is 14.4 Å². The third-order valence-electron chi connectivity index (χ3n) is 6.53. The number of pyridine rings is 2. The topological polar surface area (TPSA) is 162 Å². The minimum atomic E-state index is -1.22. The molecular weight excluding hydrogens is 498 g/mol. The van der Waals surface area contributed by atoms with Gasteiger partial charge in [0.15, 0.2) is 0 Å². The molecule has 2 saturated heterocycles. The monoisotopic (exact) mass is 521 g/mol. The highest BCUT2D eigenvalue weighted by Gasteiger charge is 2.64. The average molecular weight is 522 g/mol. The van der Waals surface area contributed by atoms with Crippen LogP contribution in [0.2, 0.25) is 0 Å². The van der Waals surface area contributed by atoms with Gasteiger partial charge in [-0.1, -0.05) is 30.3 Å². The van der Waals surface area contributed by atoms with Gasteiger partial charge in [0.1, 0.15) is 34.6 Å². The summed E-state index contributed by atoms with van der Waals surface area (Å²) < 4.78 is -0.746. The Bertz CT molecular complexity index is 1490. The minimum absolute atomic E-state index is 0.0878. The van der Waals surface area contributed by atoms with E-state index in [1.54, 1.807) is 56.3 Å². The first-order valence-electron chi connectivity index (χ1n) is 11.5.